The van der Waals surface area contributed by atoms with Gasteiger partial charge < -0.3 is 14.3 Å². The second-order valence-corrected chi connectivity index (χ2v) is 5.09. The lowest BCUT2D eigenvalue weighted by Gasteiger charge is -2.08. The molecular weight excluding hydrogens is 322 g/mol. The van der Waals surface area contributed by atoms with Crippen LogP contribution in [0.3, 0.4) is 0 Å². The highest BCUT2D eigenvalue weighted by Crippen LogP contribution is 2.30. The fourth-order valence-corrected chi connectivity index (χ4v) is 2.22. The van der Waals surface area contributed by atoms with E-state index in [2.05, 4.69) is 4.98 Å². The van der Waals surface area contributed by atoms with E-state index in [0.717, 1.165) is 0 Å². The Hall–Kier alpha value is -2.86. The van der Waals surface area contributed by atoms with Gasteiger partial charge in [0.15, 0.2) is 0 Å². The molecule has 7 heteroatoms. The summed E-state index contributed by atoms with van der Waals surface area (Å²) < 4.78 is 10.2. The number of rotatable bonds is 3. The molecule has 2 aromatic heterocycles. The number of hydrogen-bond donors (Lipinski definition) is 1. The first-order valence-electron chi connectivity index (χ1n) is 6.58. The molecule has 3 aromatic rings. The van der Waals surface area contributed by atoms with Crippen LogP contribution in [0.5, 0.6) is 5.75 Å². The summed E-state index contributed by atoms with van der Waals surface area (Å²) in [7, 11) is 0. The summed E-state index contributed by atoms with van der Waals surface area (Å²) in [4.78, 5) is 27.4. The van der Waals surface area contributed by atoms with E-state index in [1.54, 1.807) is 12.1 Å². The summed E-state index contributed by atoms with van der Waals surface area (Å²) in [5.41, 5.74) is 0.115. The lowest BCUT2D eigenvalue weighted by atomic mass is 10.1. The third-order valence-corrected chi connectivity index (χ3v) is 3.43. The first-order chi connectivity index (χ1) is 11.0. The largest absolute Gasteiger partial charge is 0.506 e. The summed E-state index contributed by atoms with van der Waals surface area (Å²) in [5, 5.41) is 10.2. The number of carbonyl (C=O) groups is 1. The van der Waals surface area contributed by atoms with Crippen molar-refractivity contribution in [2.75, 3.05) is 0 Å². The molecule has 0 bridgehead atoms. The van der Waals surface area contributed by atoms with Crippen LogP contribution >= 0.6 is 11.6 Å². The van der Waals surface area contributed by atoms with E-state index in [1.165, 1.54) is 30.5 Å². The topological polar surface area (TPSA) is 89.6 Å². The number of halogens is 1. The van der Waals surface area contributed by atoms with Gasteiger partial charge in [-0.1, -0.05) is 17.7 Å². The van der Waals surface area contributed by atoms with Crippen molar-refractivity contribution < 1.29 is 19.1 Å². The fraction of sp³-hybridized carbons (Fsp3) is 0.0625. The predicted octanol–water partition coefficient (Wildman–Crippen LogP) is 2.90. The second kappa shape index (κ2) is 6.10. The first kappa shape index (κ1) is 15.1. The molecule has 1 aromatic carbocycles. The second-order valence-electron chi connectivity index (χ2n) is 4.68. The van der Waals surface area contributed by atoms with Crippen molar-refractivity contribution in [1.29, 1.82) is 0 Å². The van der Waals surface area contributed by atoms with Crippen LogP contribution in [0, 0.1) is 0 Å². The molecule has 0 aliphatic heterocycles. The first-order valence-corrected chi connectivity index (χ1v) is 6.96. The van der Waals surface area contributed by atoms with Gasteiger partial charge in [-0.3, -0.25) is 0 Å². The summed E-state index contributed by atoms with van der Waals surface area (Å²) >= 11 is 5.87. The van der Waals surface area contributed by atoms with Gasteiger partial charge in [0.25, 0.3) is 0 Å². The van der Waals surface area contributed by atoms with Crippen molar-refractivity contribution >= 4 is 28.5 Å². The van der Waals surface area contributed by atoms with E-state index in [9.17, 15) is 14.7 Å². The molecule has 116 valence electrons. The minimum absolute atomic E-state index is 0.101. The van der Waals surface area contributed by atoms with Crippen molar-refractivity contribution in [3.8, 4) is 5.75 Å². The Bertz CT molecular complexity index is 936. The van der Waals surface area contributed by atoms with Crippen LogP contribution in [0.15, 0.2) is 51.8 Å². The van der Waals surface area contributed by atoms with E-state index >= 15 is 0 Å². The standard InChI is InChI=1S/C16H10ClNO5/c17-11-6-10-9(5-15(20)23-14(10)7-13(11)19)8-22-16(21)12-3-1-2-4-18-12/h1-7,19H,8H2. The van der Waals surface area contributed by atoms with Gasteiger partial charge in [0.05, 0.1) is 5.02 Å². The number of carbonyl (C=O) groups excluding carboxylic acids is 1. The molecule has 0 unspecified atom stereocenters. The van der Waals surface area contributed by atoms with Gasteiger partial charge in [0.1, 0.15) is 23.6 Å². The lowest BCUT2D eigenvalue weighted by Crippen LogP contribution is -2.09. The molecule has 0 saturated heterocycles. The molecule has 0 amide bonds. The van der Waals surface area contributed by atoms with Crippen molar-refractivity contribution in [1.82, 2.24) is 4.98 Å². The third-order valence-electron chi connectivity index (χ3n) is 3.13. The van der Waals surface area contributed by atoms with E-state index < -0.39 is 11.6 Å². The highest BCUT2D eigenvalue weighted by Gasteiger charge is 2.13. The zero-order valence-electron chi connectivity index (χ0n) is 11.7. The van der Waals surface area contributed by atoms with Gasteiger partial charge in [-0.25, -0.2) is 14.6 Å². The van der Waals surface area contributed by atoms with Crippen molar-refractivity contribution in [3.05, 3.63) is 69.3 Å². The maximum atomic E-state index is 11.9. The molecule has 0 aliphatic rings. The van der Waals surface area contributed by atoms with E-state index in [-0.39, 0.29) is 28.7 Å². The quantitative estimate of drug-likeness (QED) is 0.586. The molecule has 6 nitrogen and oxygen atoms in total. The summed E-state index contributed by atoms with van der Waals surface area (Å²) in [6, 6.07) is 8.76. The SMILES string of the molecule is O=C(OCc1cc(=O)oc2cc(O)c(Cl)cc12)c1ccccn1. The van der Waals surface area contributed by atoms with Crippen molar-refractivity contribution in [3.63, 3.8) is 0 Å². The van der Waals surface area contributed by atoms with Gasteiger partial charge in [0.2, 0.25) is 0 Å². The maximum Gasteiger partial charge on any atom is 0.357 e. The predicted molar refractivity (Wildman–Crippen MR) is 82.5 cm³/mol. The number of phenols is 1. The molecule has 0 radical (unpaired) electrons. The Morgan fingerprint density at radius 2 is 2.13 bits per heavy atom. The molecule has 0 saturated carbocycles. The van der Waals surface area contributed by atoms with Crippen LogP contribution in [0.4, 0.5) is 0 Å². The Morgan fingerprint density at radius 3 is 2.87 bits per heavy atom. The number of hydrogen-bond acceptors (Lipinski definition) is 6. The van der Waals surface area contributed by atoms with Crippen LogP contribution in [0.1, 0.15) is 16.1 Å². The Morgan fingerprint density at radius 1 is 1.30 bits per heavy atom. The number of aromatic nitrogens is 1. The molecule has 0 aliphatic carbocycles. The zero-order valence-corrected chi connectivity index (χ0v) is 12.4. The Labute approximate surface area is 134 Å². The van der Waals surface area contributed by atoms with Crippen molar-refractivity contribution in [2.45, 2.75) is 6.61 Å². The van der Waals surface area contributed by atoms with E-state index in [4.69, 9.17) is 20.8 Å². The number of nitrogens with zero attached hydrogens (tertiary/aromatic N) is 1. The Kier molecular flexibility index (Phi) is 3.99. The monoisotopic (exact) mass is 331 g/mol. The zero-order chi connectivity index (χ0) is 16.4. The van der Waals surface area contributed by atoms with Gasteiger partial charge in [0, 0.05) is 29.3 Å². The maximum absolute atomic E-state index is 11.9. The van der Waals surface area contributed by atoms with E-state index in [1.807, 2.05) is 0 Å². The highest BCUT2D eigenvalue weighted by molar-refractivity contribution is 6.32. The summed E-state index contributed by atoms with van der Waals surface area (Å²) in [6.07, 6.45) is 1.48. The summed E-state index contributed by atoms with van der Waals surface area (Å²) in [5.74, 6) is -0.818. The van der Waals surface area contributed by atoms with Crippen molar-refractivity contribution in [2.24, 2.45) is 0 Å². The van der Waals surface area contributed by atoms with Gasteiger partial charge >= 0.3 is 11.6 Å². The smallest absolute Gasteiger partial charge is 0.357 e. The molecule has 0 atom stereocenters. The van der Waals surface area contributed by atoms with Crippen LogP contribution in [0.25, 0.3) is 11.0 Å². The van der Waals surface area contributed by atoms with Crippen LogP contribution in [-0.4, -0.2) is 16.1 Å². The fourth-order valence-electron chi connectivity index (χ4n) is 2.06. The molecule has 23 heavy (non-hydrogen) atoms. The average molecular weight is 332 g/mol. The number of phenolic OH excluding ortho intramolecular Hbond substituents is 1. The van der Waals surface area contributed by atoms with E-state index in [0.29, 0.717) is 10.9 Å². The van der Waals surface area contributed by atoms with Gasteiger partial charge in [-0.2, -0.15) is 0 Å². The number of esters is 1. The van der Waals surface area contributed by atoms with Crippen LogP contribution < -0.4 is 5.63 Å². The highest BCUT2D eigenvalue weighted by atomic mass is 35.5. The van der Waals surface area contributed by atoms with Gasteiger partial charge in [-0.15, -0.1) is 0 Å². The number of benzene rings is 1. The molecule has 3 rings (SSSR count). The number of aromatic hydroxyl groups is 1. The van der Waals surface area contributed by atoms with Crippen LogP contribution in [-0.2, 0) is 11.3 Å². The molecular formula is C16H10ClNO5. The normalized spacial score (nSPS) is 10.7. The number of ether oxygens (including phenoxy) is 1. The molecule has 0 fully saturated rings. The molecule has 0 spiro atoms. The average Bonchev–Trinajstić information content (AvgIpc) is 2.55. The molecule has 1 N–H and O–H groups in total. The Balaban J connectivity index is 1.92. The lowest BCUT2D eigenvalue weighted by molar-refractivity contribution is 0.0467. The molecule has 2 heterocycles. The minimum Gasteiger partial charge on any atom is -0.506 e. The van der Waals surface area contributed by atoms with Gasteiger partial charge in [-0.05, 0) is 18.2 Å². The van der Waals surface area contributed by atoms with Crippen LogP contribution in [0.2, 0.25) is 5.02 Å². The number of fused-ring (bicyclic) bond motifs is 1. The minimum atomic E-state index is -0.622. The third kappa shape index (κ3) is 3.17. The summed E-state index contributed by atoms with van der Waals surface area (Å²) in [6.45, 7) is -0.154. The number of pyridine rings is 1.